The number of carbonyl (C=O) groups is 2. The Kier molecular flexibility index (Phi) is 7.09. The van der Waals surface area contributed by atoms with E-state index in [1.807, 2.05) is 30.3 Å². The summed E-state index contributed by atoms with van der Waals surface area (Å²) in [6.07, 6.45) is 0. The van der Waals surface area contributed by atoms with Gasteiger partial charge in [-0.1, -0.05) is 18.2 Å². The van der Waals surface area contributed by atoms with Gasteiger partial charge in [0.2, 0.25) is 5.91 Å². The summed E-state index contributed by atoms with van der Waals surface area (Å²) in [4.78, 5) is 30.8. The summed E-state index contributed by atoms with van der Waals surface area (Å²) < 4.78 is 21.2. The van der Waals surface area contributed by atoms with Crippen molar-refractivity contribution >= 4 is 34.0 Å². The summed E-state index contributed by atoms with van der Waals surface area (Å²) in [5, 5.41) is 2.24. The predicted octanol–water partition coefficient (Wildman–Crippen LogP) is 4.21. The Morgan fingerprint density at radius 2 is 1.61 bits per heavy atom. The van der Waals surface area contributed by atoms with Crippen LogP contribution in [0.1, 0.15) is 23.0 Å². The van der Waals surface area contributed by atoms with Gasteiger partial charge >= 0.3 is 5.97 Å². The minimum Gasteiger partial charge on any atom is -0.496 e. The predicted molar refractivity (Wildman–Crippen MR) is 117 cm³/mol. The van der Waals surface area contributed by atoms with Crippen LogP contribution < -0.4 is 19.1 Å². The smallest absolute Gasteiger partial charge is 0.342 e. The van der Waals surface area contributed by atoms with Crippen molar-refractivity contribution in [2.75, 3.05) is 26.2 Å². The maximum atomic E-state index is 12.6. The van der Waals surface area contributed by atoms with Crippen LogP contribution >= 0.6 is 11.3 Å². The zero-order valence-electron chi connectivity index (χ0n) is 17.6. The Labute approximate surface area is 183 Å². The summed E-state index contributed by atoms with van der Waals surface area (Å²) in [6, 6.07) is 12.3. The maximum Gasteiger partial charge on any atom is 0.342 e. The Balaban J connectivity index is 1.76. The van der Waals surface area contributed by atoms with Crippen molar-refractivity contribution in [1.29, 1.82) is 0 Å². The molecule has 0 aliphatic rings. The lowest BCUT2D eigenvalue weighted by Gasteiger charge is -2.17. The highest BCUT2D eigenvalue weighted by atomic mass is 32.1. The molecule has 0 radical (unpaired) electrons. The number of benzene rings is 2. The second-order valence-corrected chi connectivity index (χ2v) is 7.13. The summed E-state index contributed by atoms with van der Waals surface area (Å²) in [6.45, 7) is 1.41. The third-order valence-corrected chi connectivity index (χ3v) is 5.21. The number of methoxy groups -OCH3 is 3. The molecule has 162 valence electrons. The average Bonchev–Trinajstić information content (AvgIpc) is 3.25. The first-order chi connectivity index (χ1) is 15.0. The lowest BCUT2D eigenvalue weighted by Crippen LogP contribution is -2.22. The molecule has 0 bridgehead atoms. The zero-order chi connectivity index (χ0) is 22.4. The Hall–Kier alpha value is -3.59. The number of rotatable bonds is 8. The molecular formula is C22H22N2O6S. The number of hydrogen-bond donors (Lipinski definition) is 0. The van der Waals surface area contributed by atoms with Gasteiger partial charge in [-0.05, 0) is 12.1 Å². The molecule has 3 rings (SSSR count). The third-order valence-electron chi connectivity index (χ3n) is 4.34. The van der Waals surface area contributed by atoms with Gasteiger partial charge in [0.15, 0.2) is 16.6 Å². The van der Waals surface area contributed by atoms with E-state index >= 15 is 0 Å². The molecule has 0 spiro atoms. The zero-order valence-corrected chi connectivity index (χ0v) is 18.4. The average molecular weight is 442 g/mol. The molecular weight excluding hydrogens is 420 g/mol. The number of anilines is 2. The van der Waals surface area contributed by atoms with E-state index in [2.05, 4.69) is 4.98 Å². The van der Waals surface area contributed by atoms with Gasteiger partial charge in [0.1, 0.15) is 17.9 Å². The van der Waals surface area contributed by atoms with E-state index in [9.17, 15) is 9.59 Å². The van der Waals surface area contributed by atoms with Crippen LogP contribution in [0.15, 0.2) is 47.8 Å². The molecule has 1 amide bonds. The van der Waals surface area contributed by atoms with Crippen molar-refractivity contribution in [2.45, 2.75) is 13.5 Å². The number of thiazole rings is 1. The first-order valence-corrected chi connectivity index (χ1v) is 10.1. The van der Waals surface area contributed by atoms with E-state index in [1.54, 1.807) is 11.4 Å². The molecule has 0 aliphatic heterocycles. The van der Waals surface area contributed by atoms with Gasteiger partial charge < -0.3 is 18.9 Å². The third kappa shape index (κ3) is 4.95. The van der Waals surface area contributed by atoms with E-state index < -0.39 is 5.97 Å². The Morgan fingerprint density at radius 1 is 0.968 bits per heavy atom. The van der Waals surface area contributed by atoms with E-state index in [4.69, 9.17) is 18.9 Å². The SMILES string of the molecule is COc1cc(OC)c(C(=O)OCc2csc(N(C(C)=O)c3ccccc3)n2)cc1OC. The van der Waals surface area contributed by atoms with Gasteiger partial charge in [-0.3, -0.25) is 9.69 Å². The van der Waals surface area contributed by atoms with Crippen LogP contribution in [0.25, 0.3) is 0 Å². The van der Waals surface area contributed by atoms with Crippen LogP contribution in [-0.2, 0) is 16.1 Å². The van der Waals surface area contributed by atoms with Gasteiger partial charge in [0.05, 0.1) is 32.7 Å². The van der Waals surface area contributed by atoms with Gasteiger partial charge in [-0.15, -0.1) is 11.3 Å². The first kappa shape index (κ1) is 22.1. The van der Waals surface area contributed by atoms with Crippen LogP contribution in [0.4, 0.5) is 10.8 Å². The largest absolute Gasteiger partial charge is 0.496 e. The van der Waals surface area contributed by atoms with Crippen LogP contribution in [0.5, 0.6) is 17.2 Å². The lowest BCUT2D eigenvalue weighted by molar-refractivity contribution is -0.115. The number of carbonyl (C=O) groups excluding carboxylic acids is 2. The molecule has 3 aromatic rings. The van der Waals surface area contributed by atoms with E-state index in [-0.39, 0.29) is 18.1 Å². The Morgan fingerprint density at radius 3 is 2.23 bits per heavy atom. The summed E-state index contributed by atoms with van der Waals surface area (Å²) in [7, 11) is 4.42. The first-order valence-electron chi connectivity index (χ1n) is 9.25. The van der Waals surface area contributed by atoms with E-state index in [0.29, 0.717) is 33.8 Å². The van der Waals surface area contributed by atoms with Crippen LogP contribution in [0.2, 0.25) is 0 Å². The molecule has 0 aliphatic carbocycles. The minimum absolute atomic E-state index is 0.0621. The fourth-order valence-electron chi connectivity index (χ4n) is 2.88. The van der Waals surface area contributed by atoms with Gasteiger partial charge in [0, 0.05) is 24.4 Å². The van der Waals surface area contributed by atoms with Crippen LogP contribution in [0.3, 0.4) is 0 Å². The van der Waals surface area contributed by atoms with Crippen molar-refractivity contribution in [2.24, 2.45) is 0 Å². The van der Waals surface area contributed by atoms with E-state index in [0.717, 1.165) is 0 Å². The minimum atomic E-state index is -0.598. The second kappa shape index (κ2) is 9.94. The highest BCUT2D eigenvalue weighted by Gasteiger charge is 2.21. The second-order valence-electron chi connectivity index (χ2n) is 6.30. The van der Waals surface area contributed by atoms with Crippen LogP contribution in [0, 0.1) is 0 Å². The molecule has 0 N–H and O–H groups in total. The highest BCUT2D eigenvalue weighted by Crippen LogP contribution is 2.35. The molecule has 2 aromatic carbocycles. The molecule has 0 saturated heterocycles. The molecule has 1 heterocycles. The topological polar surface area (TPSA) is 87.2 Å². The molecule has 1 aromatic heterocycles. The quantitative estimate of drug-likeness (QED) is 0.483. The standard InChI is InChI=1S/C22H22N2O6S/c1-14(25)24(16-8-6-5-7-9-16)22-23-15(13-31-22)12-30-21(26)17-10-19(28-3)20(29-4)11-18(17)27-2/h5-11,13H,12H2,1-4H3. The number of hydrogen-bond acceptors (Lipinski definition) is 8. The number of amides is 1. The normalized spacial score (nSPS) is 10.3. The molecule has 9 heteroatoms. The number of aromatic nitrogens is 1. The summed E-state index contributed by atoms with van der Waals surface area (Å²) >= 11 is 1.29. The Bertz CT molecular complexity index is 1070. The van der Waals surface area contributed by atoms with Crippen molar-refractivity contribution < 1.29 is 28.5 Å². The molecule has 0 unspecified atom stereocenters. The monoisotopic (exact) mass is 442 g/mol. The van der Waals surface area contributed by atoms with Gasteiger partial charge in [-0.2, -0.15) is 0 Å². The number of esters is 1. The van der Waals surface area contributed by atoms with Crippen molar-refractivity contribution in [3.05, 3.63) is 59.1 Å². The molecule has 31 heavy (non-hydrogen) atoms. The highest BCUT2D eigenvalue weighted by molar-refractivity contribution is 7.14. The molecule has 0 saturated carbocycles. The van der Waals surface area contributed by atoms with E-state index in [1.165, 1.54) is 50.6 Å². The number of nitrogens with zero attached hydrogens (tertiary/aromatic N) is 2. The fraction of sp³-hybridized carbons (Fsp3) is 0.227. The van der Waals surface area contributed by atoms with Crippen molar-refractivity contribution in [3.8, 4) is 17.2 Å². The number of ether oxygens (including phenoxy) is 4. The summed E-state index contributed by atoms with van der Waals surface area (Å²) in [5.74, 6) is 0.350. The van der Waals surface area contributed by atoms with Crippen molar-refractivity contribution in [3.63, 3.8) is 0 Å². The van der Waals surface area contributed by atoms with Gasteiger partial charge in [-0.25, -0.2) is 9.78 Å². The molecule has 8 nitrogen and oxygen atoms in total. The molecule has 0 atom stereocenters. The molecule has 0 fully saturated rings. The fourth-order valence-corrected chi connectivity index (χ4v) is 3.75. The number of para-hydroxylation sites is 1. The van der Waals surface area contributed by atoms with Crippen molar-refractivity contribution in [1.82, 2.24) is 4.98 Å². The summed E-state index contributed by atoms with van der Waals surface area (Å²) in [5.41, 5.74) is 1.43. The maximum absolute atomic E-state index is 12.6. The van der Waals surface area contributed by atoms with Crippen LogP contribution in [-0.4, -0.2) is 38.2 Å². The van der Waals surface area contributed by atoms with Gasteiger partial charge in [0.25, 0.3) is 0 Å². The lowest BCUT2D eigenvalue weighted by atomic mass is 10.1.